The second-order valence-electron chi connectivity index (χ2n) is 7.04. The standard InChI is InChI=1S/C23H23ClN2O5/c1-14(17-7-9-19(24)10-8-17)25-22(27)13-30-23(28)18-5-4-6-20(11-18)29-12-21-15(2)26-31-16(21)3/h4-11,14H,12-13H2,1-3H3,(H,25,27). The van der Waals surface area contributed by atoms with Crippen LogP contribution in [-0.4, -0.2) is 23.6 Å². The fourth-order valence-corrected chi connectivity index (χ4v) is 3.03. The summed E-state index contributed by atoms with van der Waals surface area (Å²) in [5.41, 5.74) is 2.80. The zero-order valence-corrected chi connectivity index (χ0v) is 18.2. The maximum absolute atomic E-state index is 12.3. The highest BCUT2D eigenvalue weighted by Gasteiger charge is 2.15. The summed E-state index contributed by atoms with van der Waals surface area (Å²) in [6.07, 6.45) is 0. The van der Waals surface area contributed by atoms with E-state index in [1.165, 1.54) is 0 Å². The van der Waals surface area contributed by atoms with Gasteiger partial charge in [0.05, 0.1) is 22.9 Å². The molecule has 1 atom stereocenters. The summed E-state index contributed by atoms with van der Waals surface area (Å²) in [4.78, 5) is 24.5. The fraction of sp³-hybridized carbons (Fsp3) is 0.261. The summed E-state index contributed by atoms with van der Waals surface area (Å²) >= 11 is 5.87. The highest BCUT2D eigenvalue weighted by molar-refractivity contribution is 6.30. The third kappa shape index (κ3) is 6.08. The number of aryl methyl sites for hydroxylation is 2. The van der Waals surface area contributed by atoms with Gasteiger partial charge in [0.25, 0.3) is 5.91 Å². The Bertz CT molecular complexity index is 1040. The maximum atomic E-state index is 12.3. The number of hydrogen-bond acceptors (Lipinski definition) is 6. The van der Waals surface area contributed by atoms with Crippen LogP contribution in [0.2, 0.25) is 5.02 Å². The normalized spacial score (nSPS) is 11.6. The van der Waals surface area contributed by atoms with Crippen LogP contribution in [0.25, 0.3) is 0 Å². The molecule has 8 heteroatoms. The zero-order chi connectivity index (χ0) is 22.4. The van der Waals surface area contributed by atoms with Gasteiger partial charge in [-0.3, -0.25) is 4.79 Å². The molecule has 162 valence electrons. The Morgan fingerprint density at radius 2 is 1.90 bits per heavy atom. The molecule has 0 bridgehead atoms. The highest BCUT2D eigenvalue weighted by atomic mass is 35.5. The highest BCUT2D eigenvalue weighted by Crippen LogP contribution is 2.19. The predicted octanol–water partition coefficient (Wildman–Crippen LogP) is 4.56. The Morgan fingerprint density at radius 1 is 1.16 bits per heavy atom. The minimum Gasteiger partial charge on any atom is -0.489 e. The van der Waals surface area contributed by atoms with Crippen molar-refractivity contribution in [2.75, 3.05) is 6.61 Å². The number of amides is 1. The van der Waals surface area contributed by atoms with Crippen LogP contribution in [0.3, 0.4) is 0 Å². The maximum Gasteiger partial charge on any atom is 0.338 e. The van der Waals surface area contributed by atoms with Gasteiger partial charge in [-0.05, 0) is 56.7 Å². The molecule has 7 nitrogen and oxygen atoms in total. The first-order chi connectivity index (χ1) is 14.8. The molecular formula is C23H23ClN2O5. The van der Waals surface area contributed by atoms with Gasteiger partial charge in [0.15, 0.2) is 6.61 Å². The Balaban J connectivity index is 1.51. The molecule has 2 aromatic carbocycles. The first-order valence-corrected chi connectivity index (χ1v) is 10.1. The van der Waals surface area contributed by atoms with Gasteiger partial charge in [-0.1, -0.05) is 35.0 Å². The average Bonchev–Trinajstić information content (AvgIpc) is 3.08. The summed E-state index contributed by atoms with van der Waals surface area (Å²) in [5, 5.41) is 7.29. The van der Waals surface area contributed by atoms with E-state index < -0.39 is 11.9 Å². The van der Waals surface area contributed by atoms with E-state index in [1.54, 1.807) is 36.4 Å². The van der Waals surface area contributed by atoms with E-state index >= 15 is 0 Å². The van der Waals surface area contributed by atoms with E-state index in [1.807, 2.05) is 32.9 Å². The number of ether oxygens (including phenoxy) is 2. The van der Waals surface area contributed by atoms with Gasteiger partial charge in [-0.15, -0.1) is 0 Å². The second-order valence-corrected chi connectivity index (χ2v) is 7.47. The van der Waals surface area contributed by atoms with Crippen molar-refractivity contribution in [3.05, 3.63) is 81.7 Å². The Labute approximate surface area is 185 Å². The van der Waals surface area contributed by atoms with Gasteiger partial charge in [-0.25, -0.2) is 4.79 Å². The third-order valence-corrected chi connectivity index (χ3v) is 4.97. The molecule has 0 aliphatic heterocycles. The van der Waals surface area contributed by atoms with Crippen LogP contribution in [0.4, 0.5) is 0 Å². The first kappa shape index (κ1) is 22.4. The molecule has 0 saturated heterocycles. The predicted molar refractivity (Wildman–Crippen MR) is 115 cm³/mol. The topological polar surface area (TPSA) is 90.7 Å². The van der Waals surface area contributed by atoms with E-state index in [0.717, 1.165) is 16.8 Å². The zero-order valence-electron chi connectivity index (χ0n) is 17.5. The minimum atomic E-state index is -0.614. The first-order valence-electron chi connectivity index (χ1n) is 9.70. The van der Waals surface area contributed by atoms with Gasteiger partial charge >= 0.3 is 5.97 Å². The van der Waals surface area contributed by atoms with Crippen LogP contribution in [-0.2, 0) is 16.1 Å². The van der Waals surface area contributed by atoms with E-state index in [2.05, 4.69) is 10.5 Å². The third-order valence-electron chi connectivity index (χ3n) is 4.72. The van der Waals surface area contributed by atoms with Crippen molar-refractivity contribution in [3.8, 4) is 5.75 Å². The number of aromatic nitrogens is 1. The molecule has 0 spiro atoms. The molecule has 1 heterocycles. The number of nitrogens with zero attached hydrogens (tertiary/aromatic N) is 1. The number of nitrogens with one attached hydrogen (secondary N) is 1. The van der Waals surface area contributed by atoms with Crippen LogP contribution in [0.1, 0.15) is 45.9 Å². The molecule has 0 aliphatic carbocycles. The fourth-order valence-electron chi connectivity index (χ4n) is 2.91. The van der Waals surface area contributed by atoms with Crippen LogP contribution in [0.15, 0.2) is 53.1 Å². The van der Waals surface area contributed by atoms with Gasteiger partial charge in [0, 0.05) is 5.02 Å². The van der Waals surface area contributed by atoms with E-state index in [9.17, 15) is 9.59 Å². The number of rotatable bonds is 8. The lowest BCUT2D eigenvalue weighted by atomic mass is 10.1. The van der Waals surface area contributed by atoms with E-state index in [4.69, 9.17) is 25.6 Å². The molecule has 0 saturated carbocycles. The van der Waals surface area contributed by atoms with Crippen LogP contribution in [0, 0.1) is 13.8 Å². The van der Waals surface area contributed by atoms with Crippen molar-refractivity contribution in [1.82, 2.24) is 10.5 Å². The van der Waals surface area contributed by atoms with Crippen molar-refractivity contribution >= 4 is 23.5 Å². The minimum absolute atomic E-state index is 0.246. The van der Waals surface area contributed by atoms with Crippen molar-refractivity contribution in [3.63, 3.8) is 0 Å². The molecule has 31 heavy (non-hydrogen) atoms. The quantitative estimate of drug-likeness (QED) is 0.514. The van der Waals surface area contributed by atoms with E-state index in [0.29, 0.717) is 16.5 Å². The number of benzene rings is 2. The molecule has 0 aliphatic rings. The molecule has 1 aromatic heterocycles. The summed E-state index contributed by atoms with van der Waals surface area (Å²) in [6, 6.07) is 13.5. The lowest BCUT2D eigenvalue weighted by Gasteiger charge is -2.14. The van der Waals surface area contributed by atoms with E-state index in [-0.39, 0.29) is 24.8 Å². The molecule has 0 radical (unpaired) electrons. The number of hydrogen-bond donors (Lipinski definition) is 1. The molecule has 1 N–H and O–H groups in total. The monoisotopic (exact) mass is 442 g/mol. The van der Waals surface area contributed by atoms with Gasteiger partial charge < -0.3 is 19.3 Å². The van der Waals surface area contributed by atoms with Crippen molar-refractivity contribution in [2.24, 2.45) is 0 Å². The second kappa shape index (κ2) is 10.1. The Hall–Kier alpha value is -3.32. The largest absolute Gasteiger partial charge is 0.489 e. The molecule has 3 rings (SSSR count). The summed E-state index contributed by atoms with van der Waals surface area (Å²) in [5.74, 6) is 0.167. The summed E-state index contributed by atoms with van der Waals surface area (Å²) in [7, 11) is 0. The van der Waals surface area contributed by atoms with Crippen molar-refractivity contribution < 1.29 is 23.6 Å². The summed E-state index contributed by atoms with van der Waals surface area (Å²) < 4.78 is 16.0. The molecule has 1 unspecified atom stereocenters. The molecular weight excluding hydrogens is 420 g/mol. The van der Waals surface area contributed by atoms with Crippen LogP contribution in [0.5, 0.6) is 5.75 Å². The van der Waals surface area contributed by atoms with Crippen molar-refractivity contribution in [2.45, 2.75) is 33.4 Å². The van der Waals surface area contributed by atoms with Gasteiger partial charge in [-0.2, -0.15) is 0 Å². The number of carbonyl (C=O) groups is 2. The molecule has 3 aromatic rings. The SMILES string of the molecule is Cc1noc(C)c1COc1cccc(C(=O)OCC(=O)NC(C)c2ccc(Cl)cc2)c1. The van der Waals surface area contributed by atoms with Crippen LogP contribution < -0.4 is 10.1 Å². The number of halogens is 1. The lowest BCUT2D eigenvalue weighted by molar-refractivity contribution is -0.124. The molecule has 1 amide bonds. The summed E-state index contributed by atoms with van der Waals surface area (Å²) in [6.45, 7) is 5.36. The number of carbonyl (C=O) groups excluding carboxylic acids is 2. The van der Waals surface area contributed by atoms with Crippen LogP contribution >= 0.6 is 11.6 Å². The molecule has 0 fully saturated rings. The van der Waals surface area contributed by atoms with Gasteiger partial charge in [0.1, 0.15) is 18.1 Å². The Morgan fingerprint density at radius 3 is 2.58 bits per heavy atom. The Kier molecular flexibility index (Phi) is 7.31. The number of esters is 1. The van der Waals surface area contributed by atoms with Gasteiger partial charge in [0.2, 0.25) is 0 Å². The lowest BCUT2D eigenvalue weighted by Crippen LogP contribution is -2.31. The smallest absolute Gasteiger partial charge is 0.338 e. The average molecular weight is 443 g/mol. The van der Waals surface area contributed by atoms with Crippen molar-refractivity contribution in [1.29, 1.82) is 0 Å².